The lowest BCUT2D eigenvalue weighted by Crippen LogP contribution is -2.45. The second-order valence-corrected chi connectivity index (χ2v) is 7.85. The van der Waals surface area contributed by atoms with Gasteiger partial charge in [-0.2, -0.15) is 0 Å². The molecular weight excluding hydrogens is 362 g/mol. The summed E-state index contributed by atoms with van der Waals surface area (Å²) in [5.74, 6) is 0.472. The average molecular weight is 381 g/mol. The van der Waals surface area contributed by atoms with Gasteiger partial charge in [-0.1, -0.05) is 6.07 Å². The monoisotopic (exact) mass is 380 g/mol. The van der Waals surface area contributed by atoms with Gasteiger partial charge in [0.25, 0.3) is 0 Å². The maximum Gasteiger partial charge on any atom is 0.133 e. The third-order valence-corrected chi connectivity index (χ3v) is 6.49. The van der Waals surface area contributed by atoms with E-state index in [1.165, 1.54) is 34.3 Å². The van der Waals surface area contributed by atoms with Crippen LogP contribution >= 0.6 is 24.2 Å². The Morgan fingerprint density at radius 1 is 1.16 bits per heavy atom. The van der Waals surface area contributed by atoms with E-state index in [9.17, 15) is 8.78 Å². The average Bonchev–Trinajstić information content (AvgIpc) is 2.91. The standard InChI is InChI=1S/C19H18F2N2S.ClH/c20-14-2-1-3-15(21)18(14)11-8-12-13-10-22-5-4-16(13)23-6-7-24-17(9-11)19(12)23;/h1-3,8-9,13,16,22H,4-7,10H2;1H/t13-,16-;/m0./s1. The van der Waals surface area contributed by atoms with Crippen molar-refractivity contribution in [2.75, 3.05) is 30.3 Å². The highest BCUT2D eigenvalue weighted by Crippen LogP contribution is 2.51. The van der Waals surface area contributed by atoms with E-state index < -0.39 is 11.6 Å². The van der Waals surface area contributed by atoms with Gasteiger partial charge in [0.15, 0.2) is 0 Å². The smallest absolute Gasteiger partial charge is 0.133 e. The summed E-state index contributed by atoms with van der Waals surface area (Å²) < 4.78 is 28.6. The molecule has 132 valence electrons. The van der Waals surface area contributed by atoms with Gasteiger partial charge in [0.05, 0.1) is 11.3 Å². The molecular formula is C19H19ClF2N2S. The molecule has 2 aromatic carbocycles. The number of piperidine rings is 1. The second kappa shape index (κ2) is 6.45. The van der Waals surface area contributed by atoms with Crippen molar-refractivity contribution in [1.29, 1.82) is 0 Å². The Kier molecular flexibility index (Phi) is 4.42. The molecule has 0 radical (unpaired) electrons. The fourth-order valence-electron chi connectivity index (χ4n) is 4.48. The van der Waals surface area contributed by atoms with Crippen molar-refractivity contribution >= 4 is 29.9 Å². The molecule has 2 nitrogen and oxygen atoms in total. The maximum atomic E-state index is 14.3. The molecule has 0 amide bonds. The topological polar surface area (TPSA) is 15.3 Å². The van der Waals surface area contributed by atoms with Gasteiger partial charge in [0.2, 0.25) is 0 Å². The zero-order valence-corrected chi connectivity index (χ0v) is 15.2. The van der Waals surface area contributed by atoms with Crippen molar-refractivity contribution in [1.82, 2.24) is 5.32 Å². The molecule has 0 aliphatic carbocycles. The Labute approximate surface area is 156 Å². The SMILES string of the molecule is Cl.Fc1cccc(F)c1-c1cc2c3c(c1)[C@@H]1CNCC[C@@H]1N3CCS2. The van der Waals surface area contributed by atoms with E-state index in [4.69, 9.17) is 0 Å². The molecule has 1 saturated heterocycles. The molecule has 5 rings (SSSR count). The predicted molar refractivity (Wildman–Crippen MR) is 101 cm³/mol. The van der Waals surface area contributed by atoms with Crippen molar-refractivity contribution in [3.05, 3.63) is 47.5 Å². The Morgan fingerprint density at radius 3 is 2.76 bits per heavy atom. The van der Waals surface area contributed by atoms with Crippen LogP contribution in [-0.4, -0.2) is 31.4 Å². The van der Waals surface area contributed by atoms with Gasteiger partial charge in [0, 0.05) is 35.7 Å². The molecule has 6 heteroatoms. The third-order valence-electron chi connectivity index (χ3n) is 5.48. The summed E-state index contributed by atoms with van der Waals surface area (Å²) in [5, 5.41) is 3.48. The number of thioether (sulfide) groups is 1. The molecule has 0 unspecified atom stereocenters. The van der Waals surface area contributed by atoms with Crippen molar-refractivity contribution in [3.8, 4) is 11.1 Å². The van der Waals surface area contributed by atoms with Crippen LogP contribution in [0.4, 0.5) is 14.5 Å². The van der Waals surface area contributed by atoms with Gasteiger partial charge in [-0.15, -0.1) is 24.2 Å². The summed E-state index contributed by atoms with van der Waals surface area (Å²) in [7, 11) is 0. The summed E-state index contributed by atoms with van der Waals surface area (Å²) >= 11 is 1.81. The molecule has 3 aliphatic rings. The van der Waals surface area contributed by atoms with Crippen LogP contribution in [0.2, 0.25) is 0 Å². The van der Waals surface area contributed by atoms with Crippen molar-refractivity contribution in [3.63, 3.8) is 0 Å². The Hall–Kier alpha value is -1.30. The Morgan fingerprint density at radius 2 is 1.96 bits per heavy atom. The minimum absolute atomic E-state index is 0. The van der Waals surface area contributed by atoms with Gasteiger partial charge in [-0.25, -0.2) is 8.78 Å². The first kappa shape index (κ1) is 17.1. The lowest BCUT2D eigenvalue weighted by atomic mass is 9.88. The fraction of sp³-hybridized carbons (Fsp3) is 0.368. The predicted octanol–water partition coefficient (Wildman–Crippen LogP) is 4.42. The highest BCUT2D eigenvalue weighted by Gasteiger charge is 2.42. The number of fused-ring (bicyclic) bond motifs is 3. The molecule has 25 heavy (non-hydrogen) atoms. The summed E-state index contributed by atoms with van der Waals surface area (Å²) in [5.41, 5.74) is 3.33. The third kappa shape index (κ3) is 2.56. The molecule has 0 saturated carbocycles. The number of hydrogen-bond donors (Lipinski definition) is 1. The number of hydrogen-bond acceptors (Lipinski definition) is 3. The second-order valence-electron chi connectivity index (χ2n) is 6.72. The lowest BCUT2D eigenvalue weighted by molar-refractivity contribution is 0.405. The quantitative estimate of drug-likeness (QED) is 0.788. The molecule has 1 N–H and O–H groups in total. The van der Waals surface area contributed by atoms with E-state index in [2.05, 4.69) is 10.2 Å². The first-order valence-electron chi connectivity index (χ1n) is 8.46. The van der Waals surface area contributed by atoms with Crippen LogP contribution in [0.25, 0.3) is 11.1 Å². The van der Waals surface area contributed by atoms with Crippen LogP contribution in [0.15, 0.2) is 35.2 Å². The van der Waals surface area contributed by atoms with E-state index in [0.717, 1.165) is 31.8 Å². The molecule has 2 atom stereocenters. The summed E-state index contributed by atoms with van der Waals surface area (Å²) in [4.78, 5) is 3.71. The first-order valence-corrected chi connectivity index (χ1v) is 9.45. The minimum Gasteiger partial charge on any atom is -0.366 e. The number of rotatable bonds is 1. The molecule has 3 aliphatic heterocycles. The van der Waals surface area contributed by atoms with E-state index in [1.807, 2.05) is 12.1 Å². The van der Waals surface area contributed by atoms with E-state index in [-0.39, 0.29) is 18.0 Å². The minimum atomic E-state index is -0.490. The molecule has 0 bridgehead atoms. The zero-order chi connectivity index (χ0) is 16.3. The van der Waals surface area contributed by atoms with Gasteiger partial charge < -0.3 is 10.2 Å². The summed E-state index contributed by atoms with van der Waals surface area (Å²) in [6.07, 6.45) is 1.13. The van der Waals surface area contributed by atoms with Gasteiger partial charge in [-0.3, -0.25) is 0 Å². The van der Waals surface area contributed by atoms with Crippen LogP contribution in [-0.2, 0) is 0 Å². The van der Waals surface area contributed by atoms with Crippen LogP contribution < -0.4 is 10.2 Å². The number of anilines is 1. The van der Waals surface area contributed by atoms with Crippen LogP contribution in [0, 0.1) is 11.6 Å². The van der Waals surface area contributed by atoms with E-state index in [0.29, 0.717) is 17.5 Å². The Bertz CT molecular complexity index is 809. The van der Waals surface area contributed by atoms with Crippen LogP contribution in [0.1, 0.15) is 17.9 Å². The molecule has 0 spiro atoms. The normalized spacial score (nSPS) is 23.7. The fourth-order valence-corrected chi connectivity index (χ4v) is 5.57. The van der Waals surface area contributed by atoms with Crippen LogP contribution in [0.5, 0.6) is 0 Å². The van der Waals surface area contributed by atoms with E-state index >= 15 is 0 Å². The van der Waals surface area contributed by atoms with E-state index in [1.54, 1.807) is 11.8 Å². The molecule has 2 aromatic rings. The zero-order valence-electron chi connectivity index (χ0n) is 13.6. The molecule has 0 aromatic heterocycles. The maximum absolute atomic E-state index is 14.3. The number of nitrogens with one attached hydrogen (secondary N) is 1. The van der Waals surface area contributed by atoms with Gasteiger partial charge in [0.1, 0.15) is 11.6 Å². The van der Waals surface area contributed by atoms with Crippen molar-refractivity contribution in [2.45, 2.75) is 23.3 Å². The highest BCUT2D eigenvalue weighted by atomic mass is 35.5. The molecule has 1 fully saturated rings. The molecule has 3 heterocycles. The van der Waals surface area contributed by atoms with Crippen molar-refractivity contribution in [2.24, 2.45) is 0 Å². The summed E-state index contributed by atoms with van der Waals surface area (Å²) in [6, 6.07) is 8.62. The largest absolute Gasteiger partial charge is 0.366 e. The van der Waals surface area contributed by atoms with Crippen LogP contribution in [0.3, 0.4) is 0 Å². The van der Waals surface area contributed by atoms with Gasteiger partial charge >= 0.3 is 0 Å². The Balaban J connectivity index is 0.00000157. The van der Waals surface area contributed by atoms with Gasteiger partial charge in [-0.05, 0) is 48.4 Å². The number of halogens is 3. The number of benzene rings is 2. The highest BCUT2D eigenvalue weighted by molar-refractivity contribution is 7.99. The first-order chi connectivity index (χ1) is 11.7. The van der Waals surface area contributed by atoms with Crippen molar-refractivity contribution < 1.29 is 8.78 Å². The summed E-state index contributed by atoms with van der Waals surface area (Å²) in [6.45, 7) is 3.06. The number of nitrogens with zero attached hydrogens (tertiary/aromatic N) is 1. The lowest BCUT2D eigenvalue weighted by Gasteiger charge is -2.36.